The molecule has 0 aliphatic carbocycles. The molecule has 0 radical (unpaired) electrons. The predicted molar refractivity (Wildman–Crippen MR) is 93.8 cm³/mol. The van der Waals surface area contributed by atoms with E-state index in [9.17, 15) is 4.79 Å². The van der Waals surface area contributed by atoms with Gasteiger partial charge in [-0.15, -0.1) is 0 Å². The molecule has 1 heterocycles. The second kappa shape index (κ2) is 6.71. The zero-order valence-corrected chi connectivity index (χ0v) is 14.1. The van der Waals surface area contributed by atoms with Gasteiger partial charge in [0.2, 0.25) is 5.88 Å². The molecule has 24 heavy (non-hydrogen) atoms. The standard InChI is InChI=1S/C20H20N2O2/c1-4-17-13-19(24-20(23)16-8-6-5-7-9-16)22(21-17)18-11-10-14(2)12-15(18)3/h5-13H,4H2,1-3H3. The van der Waals surface area contributed by atoms with Crippen molar-refractivity contribution in [2.75, 3.05) is 0 Å². The molecule has 0 bridgehead atoms. The lowest BCUT2D eigenvalue weighted by atomic mass is 10.1. The molecule has 4 heteroatoms. The molecule has 0 aliphatic heterocycles. The van der Waals surface area contributed by atoms with Gasteiger partial charge in [-0.1, -0.05) is 42.8 Å². The van der Waals surface area contributed by atoms with Crippen LogP contribution in [0.3, 0.4) is 0 Å². The van der Waals surface area contributed by atoms with Gasteiger partial charge in [-0.25, -0.2) is 9.48 Å². The second-order valence-corrected chi connectivity index (χ2v) is 5.78. The third-order valence-electron chi connectivity index (χ3n) is 3.88. The highest BCUT2D eigenvalue weighted by molar-refractivity contribution is 5.90. The van der Waals surface area contributed by atoms with Crippen LogP contribution in [-0.2, 0) is 6.42 Å². The van der Waals surface area contributed by atoms with Crippen molar-refractivity contribution >= 4 is 5.97 Å². The van der Waals surface area contributed by atoms with Gasteiger partial charge < -0.3 is 4.74 Å². The van der Waals surface area contributed by atoms with E-state index in [1.807, 2.05) is 57.2 Å². The molecule has 0 fully saturated rings. The van der Waals surface area contributed by atoms with Crippen molar-refractivity contribution in [1.29, 1.82) is 0 Å². The van der Waals surface area contributed by atoms with E-state index < -0.39 is 0 Å². The number of rotatable bonds is 4. The maximum absolute atomic E-state index is 12.4. The quantitative estimate of drug-likeness (QED) is 0.674. The number of hydrogen-bond acceptors (Lipinski definition) is 3. The Kier molecular flexibility index (Phi) is 4.47. The van der Waals surface area contributed by atoms with Crippen molar-refractivity contribution in [2.24, 2.45) is 0 Å². The van der Waals surface area contributed by atoms with E-state index in [1.54, 1.807) is 16.8 Å². The van der Waals surface area contributed by atoms with Crippen molar-refractivity contribution in [3.05, 3.63) is 77.0 Å². The van der Waals surface area contributed by atoms with E-state index >= 15 is 0 Å². The molecule has 3 aromatic rings. The van der Waals surface area contributed by atoms with E-state index in [4.69, 9.17) is 4.74 Å². The minimum atomic E-state index is -0.385. The van der Waals surface area contributed by atoms with Gasteiger partial charge in [0.1, 0.15) is 0 Å². The third-order valence-corrected chi connectivity index (χ3v) is 3.88. The Labute approximate surface area is 141 Å². The molecule has 0 spiro atoms. The Balaban J connectivity index is 1.99. The van der Waals surface area contributed by atoms with Gasteiger partial charge in [-0.3, -0.25) is 0 Å². The fourth-order valence-electron chi connectivity index (χ4n) is 2.60. The first kappa shape index (κ1) is 16.0. The van der Waals surface area contributed by atoms with Crippen molar-refractivity contribution in [1.82, 2.24) is 9.78 Å². The monoisotopic (exact) mass is 320 g/mol. The van der Waals surface area contributed by atoms with Crippen LogP contribution in [0.2, 0.25) is 0 Å². The van der Waals surface area contributed by atoms with E-state index in [2.05, 4.69) is 11.2 Å². The maximum Gasteiger partial charge on any atom is 0.344 e. The van der Waals surface area contributed by atoms with E-state index in [0.29, 0.717) is 11.4 Å². The average molecular weight is 320 g/mol. The van der Waals surface area contributed by atoms with E-state index in [-0.39, 0.29) is 5.97 Å². The maximum atomic E-state index is 12.4. The van der Waals surface area contributed by atoms with Gasteiger partial charge in [0.05, 0.1) is 16.9 Å². The van der Waals surface area contributed by atoms with Crippen molar-refractivity contribution in [2.45, 2.75) is 27.2 Å². The van der Waals surface area contributed by atoms with E-state index in [0.717, 1.165) is 23.4 Å². The first-order valence-corrected chi connectivity index (χ1v) is 8.02. The Morgan fingerprint density at radius 2 is 1.83 bits per heavy atom. The number of carbonyl (C=O) groups is 1. The molecule has 4 nitrogen and oxygen atoms in total. The lowest BCUT2D eigenvalue weighted by Gasteiger charge is -2.11. The molecule has 0 amide bonds. The van der Waals surface area contributed by atoms with Gasteiger partial charge in [0.25, 0.3) is 0 Å². The molecule has 1 aromatic heterocycles. The Morgan fingerprint density at radius 1 is 1.08 bits per heavy atom. The van der Waals surface area contributed by atoms with Crippen LogP contribution >= 0.6 is 0 Å². The van der Waals surface area contributed by atoms with Crippen LogP contribution < -0.4 is 4.74 Å². The lowest BCUT2D eigenvalue weighted by molar-refractivity contribution is 0.0723. The molecule has 0 saturated heterocycles. The zero-order valence-electron chi connectivity index (χ0n) is 14.1. The molecule has 0 atom stereocenters. The number of aryl methyl sites for hydroxylation is 3. The average Bonchev–Trinajstić information content (AvgIpc) is 2.98. The topological polar surface area (TPSA) is 44.1 Å². The van der Waals surface area contributed by atoms with Crippen LogP contribution in [0, 0.1) is 13.8 Å². The highest BCUT2D eigenvalue weighted by Gasteiger charge is 2.16. The highest BCUT2D eigenvalue weighted by Crippen LogP contribution is 2.24. The molecule has 0 aliphatic rings. The highest BCUT2D eigenvalue weighted by atomic mass is 16.5. The summed E-state index contributed by atoms with van der Waals surface area (Å²) in [7, 11) is 0. The summed E-state index contributed by atoms with van der Waals surface area (Å²) in [5.74, 6) is 0.0526. The smallest absolute Gasteiger partial charge is 0.344 e. The summed E-state index contributed by atoms with van der Waals surface area (Å²) in [5, 5.41) is 4.58. The number of benzene rings is 2. The first-order valence-electron chi connectivity index (χ1n) is 8.02. The predicted octanol–water partition coefficient (Wildman–Crippen LogP) is 4.27. The van der Waals surface area contributed by atoms with E-state index in [1.165, 1.54) is 5.56 Å². The first-order chi connectivity index (χ1) is 11.6. The van der Waals surface area contributed by atoms with Gasteiger partial charge in [0.15, 0.2) is 0 Å². The molecular weight excluding hydrogens is 300 g/mol. The molecule has 2 aromatic carbocycles. The largest absolute Gasteiger partial charge is 0.404 e. The number of ether oxygens (including phenoxy) is 1. The summed E-state index contributed by atoms with van der Waals surface area (Å²) in [6.07, 6.45) is 0.772. The van der Waals surface area contributed by atoms with Crippen molar-refractivity contribution in [3.8, 4) is 11.6 Å². The van der Waals surface area contributed by atoms with Crippen molar-refractivity contribution in [3.63, 3.8) is 0 Å². The van der Waals surface area contributed by atoms with Crippen LogP contribution in [0.4, 0.5) is 0 Å². The number of carbonyl (C=O) groups excluding carboxylic acids is 1. The van der Waals surface area contributed by atoms with Crippen LogP contribution in [0.5, 0.6) is 5.88 Å². The van der Waals surface area contributed by atoms with Gasteiger partial charge in [0, 0.05) is 6.07 Å². The number of aromatic nitrogens is 2. The Bertz CT molecular complexity index is 867. The molecule has 0 unspecified atom stereocenters. The lowest BCUT2D eigenvalue weighted by Crippen LogP contribution is -2.12. The number of nitrogens with zero attached hydrogens (tertiary/aromatic N) is 2. The van der Waals surface area contributed by atoms with Gasteiger partial charge >= 0.3 is 5.97 Å². The number of hydrogen-bond donors (Lipinski definition) is 0. The Morgan fingerprint density at radius 3 is 2.50 bits per heavy atom. The molecule has 0 N–H and O–H groups in total. The SMILES string of the molecule is CCc1cc(OC(=O)c2ccccc2)n(-c2ccc(C)cc2C)n1. The summed E-state index contributed by atoms with van der Waals surface area (Å²) < 4.78 is 7.32. The second-order valence-electron chi connectivity index (χ2n) is 5.78. The van der Waals surface area contributed by atoms with Crippen molar-refractivity contribution < 1.29 is 9.53 Å². The number of esters is 1. The summed E-state index contributed by atoms with van der Waals surface area (Å²) in [4.78, 5) is 12.4. The summed E-state index contributed by atoms with van der Waals surface area (Å²) in [6.45, 7) is 6.10. The molecule has 122 valence electrons. The summed E-state index contributed by atoms with van der Waals surface area (Å²) >= 11 is 0. The third kappa shape index (κ3) is 3.23. The van der Waals surface area contributed by atoms with Crippen LogP contribution in [0.1, 0.15) is 34.1 Å². The fourth-order valence-corrected chi connectivity index (χ4v) is 2.60. The summed E-state index contributed by atoms with van der Waals surface area (Å²) in [6, 6.07) is 16.9. The minimum Gasteiger partial charge on any atom is -0.404 e. The Hall–Kier alpha value is -2.88. The molecule has 3 rings (SSSR count). The molecule has 0 saturated carbocycles. The van der Waals surface area contributed by atoms with Gasteiger partial charge in [-0.05, 0) is 44.0 Å². The fraction of sp³-hybridized carbons (Fsp3) is 0.200. The van der Waals surface area contributed by atoms with Crippen LogP contribution in [0.15, 0.2) is 54.6 Å². The van der Waals surface area contributed by atoms with Crippen LogP contribution in [-0.4, -0.2) is 15.7 Å². The normalized spacial score (nSPS) is 10.6. The van der Waals surface area contributed by atoms with Crippen LogP contribution in [0.25, 0.3) is 5.69 Å². The van der Waals surface area contributed by atoms with Gasteiger partial charge in [-0.2, -0.15) is 5.10 Å². The zero-order chi connectivity index (χ0) is 17.1. The minimum absolute atomic E-state index is 0.385. The summed E-state index contributed by atoms with van der Waals surface area (Å²) in [5.41, 5.74) is 4.57. The molecular formula is C20H20N2O2.